The number of aliphatic hydroxyl groups excluding tert-OH is 1. The van der Waals surface area contributed by atoms with Crippen LogP contribution in [0.25, 0.3) is 0 Å². The van der Waals surface area contributed by atoms with Crippen LogP contribution in [-0.4, -0.2) is 86.7 Å². The number of aromatic nitrogens is 3. The lowest BCUT2D eigenvalue weighted by molar-refractivity contribution is -0.0139. The van der Waals surface area contributed by atoms with Gasteiger partial charge in [-0.1, -0.05) is 24.3 Å². The zero-order valence-electron chi connectivity index (χ0n) is 22.2. The number of anilines is 2. The van der Waals surface area contributed by atoms with Crippen molar-refractivity contribution in [2.45, 2.75) is 57.3 Å². The van der Waals surface area contributed by atoms with Crippen molar-refractivity contribution in [3.05, 3.63) is 64.6 Å². The largest absolute Gasteiger partial charge is 0.390 e. The number of aliphatic hydroxyl groups is 1. The number of nitrogens with zero attached hydrogens (tertiary/aromatic N) is 6. The summed E-state index contributed by atoms with van der Waals surface area (Å²) < 4.78 is 0. The third kappa shape index (κ3) is 6.19. The number of rotatable bonds is 5. The van der Waals surface area contributed by atoms with E-state index >= 15 is 0 Å². The molecular weight excluding hydrogens is 534 g/mol. The zero-order chi connectivity index (χ0) is 26.1. The number of carbonyl (C=O) groups excluding carboxylic acids is 1. The molecule has 0 saturated carbocycles. The Morgan fingerprint density at radius 1 is 1.05 bits per heavy atom. The van der Waals surface area contributed by atoms with Gasteiger partial charge in [0.1, 0.15) is 17.8 Å². The molecule has 0 spiro atoms. The van der Waals surface area contributed by atoms with Crippen LogP contribution < -0.4 is 10.2 Å². The number of likely N-dealkylation sites (tertiary alicyclic amines) is 1. The summed E-state index contributed by atoms with van der Waals surface area (Å²) in [4.78, 5) is 34.1. The van der Waals surface area contributed by atoms with Crippen molar-refractivity contribution in [2.75, 3.05) is 42.9 Å². The molecule has 1 aromatic carbocycles. The van der Waals surface area contributed by atoms with Gasteiger partial charge in [0, 0.05) is 68.5 Å². The summed E-state index contributed by atoms with van der Waals surface area (Å²) in [6.45, 7) is 6.70. The Labute approximate surface area is 239 Å². The van der Waals surface area contributed by atoms with Crippen molar-refractivity contribution in [3.63, 3.8) is 0 Å². The van der Waals surface area contributed by atoms with Crippen LogP contribution in [0.2, 0.25) is 0 Å². The quantitative estimate of drug-likeness (QED) is 0.483. The van der Waals surface area contributed by atoms with Gasteiger partial charge in [-0.2, -0.15) is 0 Å². The minimum Gasteiger partial charge on any atom is -0.390 e. The Hall–Kier alpha value is -2.79. The molecule has 3 aromatic rings. The number of carbonyl (C=O) groups is 1. The average molecular weight is 570 g/mol. The minimum atomic E-state index is -0.579. The summed E-state index contributed by atoms with van der Waals surface area (Å²) in [6.07, 6.45) is 6.52. The summed E-state index contributed by atoms with van der Waals surface area (Å²) in [5.74, 6) is 0.528. The molecule has 11 heteroatoms. The Morgan fingerprint density at radius 2 is 1.85 bits per heavy atom. The van der Waals surface area contributed by atoms with Gasteiger partial charge in [-0.25, -0.2) is 15.0 Å². The fraction of sp³-hybridized carbons (Fsp3) is 0.500. The second-order valence-electron chi connectivity index (χ2n) is 10.6. The molecule has 5 heterocycles. The molecule has 9 nitrogen and oxygen atoms in total. The Bertz CT molecular complexity index is 1280. The smallest absolute Gasteiger partial charge is 0.272 e. The van der Waals surface area contributed by atoms with Crippen molar-refractivity contribution in [2.24, 2.45) is 0 Å². The van der Waals surface area contributed by atoms with E-state index in [0.717, 1.165) is 57.0 Å². The van der Waals surface area contributed by atoms with Gasteiger partial charge < -0.3 is 20.2 Å². The van der Waals surface area contributed by atoms with E-state index < -0.39 is 6.10 Å². The van der Waals surface area contributed by atoms with E-state index in [2.05, 4.69) is 61.3 Å². The molecule has 0 unspecified atom stereocenters. The number of fused-ring (bicyclic) bond motifs is 1. The minimum absolute atomic E-state index is 0. The fourth-order valence-corrected chi connectivity index (χ4v) is 6.77. The predicted molar refractivity (Wildman–Crippen MR) is 156 cm³/mol. The number of benzene rings is 1. The molecule has 2 saturated heterocycles. The van der Waals surface area contributed by atoms with Crippen molar-refractivity contribution in [1.29, 1.82) is 0 Å². The van der Waals surface area contributed by atoms with Crippen molar-refractivity contribution < 1.29 is 9.90 Å². The molecule has 2 atom stereocenters. The van der Waals surface area contributed by atoms with Gasteiger partial charge >= 0.3 is 0 Å². The molecule has 3 aliphatic rings. The molecule has 1 amide bonds. The predicted octanol–water partition coefficient (Wildman–Crippen LogP) is 3.38. The van der Waals surface area contributed by atoms with E-state index in [1.165, 1.54) is 22.3 Å². The number of β-amino-alcohol motifs (C(OH)–C–C–N with tert-alkyl or cyclic N) is 1. The summed E-state index contributed by atoms with van der Waals surface area (Å²) in [6, 6.07) is 10.6. The van der Waals surface area contributed by atoms with Gasteiger partial charge in [0.15, 0.2) is 5.13 Å². The maximum atomic E-state index is 13.3. The highest BCUT2D eigenvalue weighted by Crippen LogP contribution is 2.27. The SMILES string of the molecule is Cc1cnc(N2CCC(Nc3cc(C(=O)N4CC[C@@H](N5CCc6ccccc6C5)[C@H](O)C4)ncn3)CC2)s1.Cl. The first kappa shape index (κ1) is 27.8. The highest BCUT2D eigenvalue weighted by atomic mass is 35.5. The van der Waals surface area contributed by atoms with Crippen LogP contribution in [0, 0.1) is 6.92 Å². The van der Waals surface area contributed by atoms with Crippen LogP contribution in [0.4, 0.5) is 10.9 Å². The Morgan fingerprint density at radius 3 is 2.59 bits per heavy atom. The van der Waals surface area contributed by atoms with Crippen molar-refractivity contribution >= 4 is 40.6 Å². The number of aryl methyl sites for hydroxylation is 1. The Kier molecular flexibility index (Phi) is 8.66. The third-order valence-corrected chi connectivity index (χ3v) is 9.05. The van der Waals surface area contributed by atoms with Crippen LogP contribution >= 0.6 is 23.7 Å². The number of thiazole rings is 1. The van der Waals surface area contributed by atoms with Crippen LogP contribution in [0.5, 0.6) is 0 Å². The normalized spacial score (nSPS) is 22.2. The van der Waals surface area contributed by atoms with Gasteiger partial charge in [0.2, 0.25) is 0 Å². The summed E-state index contributed by atoms with van der Waals surface area (Å²) in [5.41, 5.74) is 3.12. The second-order valence-corrected chi connectivity index (χ2v) is 11.8. The molecule has 2 fully saturated rings. The van der Waals surface area contributed by atoms with E-state index in [1.807, 2.05) is 6.20 Å². The van der Waals surface area contributed by atoms with Crippen LogP contribution in [-0.2, 0) is 13.0 Å². The lowest BCUT2D eigenvalue weighted by Gasteiger charge is -2.43. The van der Waals surface area contributed by atoms with Gasteiger partial charge in [-0.05, 0) is 43.7 Å². The highest BCUT2D eigenvalue weighted by molar-refractivity contribution is 7.15. The lowest BCUT2D eigenvalue weighted by Crippen LogP contribution is -2.56. The van der Waals surface area contributed by atoms with E-state index in [9.17, 15) is 9.90 Å². The van der Waals surface area contributed by atoms with E-state index in [4.69, 9.17) is 0 Å². The van der Waals surface area contributed by atoms with E-state index in [0.29, 0.717) is 24.6 Å². The average Bonchev–Trinajstić information content (AvgIpc) is 3.39. The molecular formula is C28H36ClN7O2S. The third-order valence-electron chi connectivity index (χ3n) is 8.08. The molecule has 6 rings (SSSR count). The molecule has 0 bridgehead atoms. The first-order chi connectivity index (χ1) is 18.5. The molecule has 2 aromatic heterocycles. The summed E-state index contributed by atoms with van der Waals surface area (Å²) >= 11 is 1.73. The molecule has 39 heavy (non-hydrogen) atoms. The van der Waals surface area contributed by atoms with Crippen LogP contribution in [0.1, 0.15) is 45.8 Å². The molecule has 0 aliphatic carbocycles. The maximum absolute atomic E-state index is 13.3. The zero-order valence-corrected chi connectivity index (χ0v) is 23.8. The van der Waals surface area contributed by atoms with Gasteiger partial charge in [0.05, 0.1) is 6.10 Å². The standard InChI is InChI=1S/C28H35N7O2S.ClH/c1-19-15-29-28(38-19)33-11-7-22(8-12-33)32-26-14-23(30-18-31-26)27(37)35-13-9-24(25(36)17-35)34-10-6-20-4-2-3-5-21(20)16-34;/h2-5,14-15,18,22,24-25,36H,6-13,16-17H2,1H3,(H,30,31,32);1H/t24-,25-;/m1./s1. The van der Waals surface area contributed by atoms with Gasteiger partial charge in [-0.3, -0.25) is 9.69 Å². The van der Waals surface area contributed by atoms with Gasteiger partial charge in [0.25, 0.3) is 5.91 Å². The summed E-state index contributed by atoms with van der Waals surface area (Å²) in [7, 11) is 0. The highest BCUT2D eigenvalue weighted by Gasteiger charge is 2.35. The van der Waals surface area contributed by atoms with E-state index in [1.54, 1.807) is 22.3 Å². The molecule has 2 N–H and O–H groups in total. The number of hydrogen-bond acceptors (Lipinski definition) is 9. The van der Waals surface area contributed by atoms with Gasteiger partial charge in [-0.15, -0.1) is 23.7 Å². The lowest BCUT2D eigenvalue weighted by atomic mass is 9.94. The van der Waals surface area contributed by atoms with Crippen molar-refractivity contribution in [1.82, 2.24) is 24.8 Å². The monoisotopic (exact) mass is 569 g/mol. The molecule has 0 radical (unpaired) electrons. The number of piperidine rings is 2. The number of hydrogen-bond donors (Lipinski definition) is 2. The fourth-order valence-electron chi connectivity index (χ4n) is 5.96. The Balaban J connectivity index is 0.00000308. The maximum Gasteiger partial charge on any atom is 0.272 e. The number of amides is 1. The number of halogens is 1. The molecule has 208 valence electrons. The molecule has 3 aliphatic heterocycles. The topological polar surface area (TPSA) is 97.7 Å². The first-order valence-electron chi connectivity index (χ1n) is 13.6. The summed E-state index contributed by atoms with van der Waals surface area (Å²) in [5, 5.41) is 15.6. The second kappa shape index (κ2) is 12.2. The van der Waals surface area contributed by atoms with Crippen LogP contribution in [0.3, 0.4) is 0 Å². The first-order valence-corrected chi connectivity index (χ1v) is 14.4. The van der Waals surface area contributed by atoms with Crippen LogP contribution in [0.15, 0.2) is 42.9 Å². The van der Waals surface area contributed by atoms with E-state index in [-0.39, 0.29) is 30.4 Å². The number of nitrogens with one attached hydrogen (secondary N) is 1. The van der Waals surface area contributed by atoms with Crippen molar-refractivity contribution in [3.8, 4) is 0 Å².